The smallest absolute Gasteiger partial charge is 0.317 e. The third kappa shape index (κ3) is 1.66. The average molecular weight is 308 g/mol. The van der Waals surface area contributed by atoms with Gasteiger partial charge in [0.2, 0.25) is 5.82 Å². The fraction of sp³-hybridized carbons (Fsp3) is 0.400. The van der Waals surface area contributed by atoms with Crippen molar-refractivity contribution in [3.05, 3.63) is 15.0 Å². The van der Waals surface area contributed by atoms with E-state index >= 15 is 0 Å². The highest BCUT2D eigenvalue weighted by atomic mass is 79.9. The minimum atomic E-state index is -4.41. The third-order valence-electron chi connectivity index (χ3n) is 1.24. The minimum Gasteiger partial charge on any atom is -0.317 e. The van der Waals surface area contributed by atoms with Crippen molar-refractivity contribution < 1.29 is 13.2 Å². The summed E-state index contributed by atoms with van der Waals surface area (Å²) in [4.78, 5) is 3.29. The SMILES string of the molecule is Cn1c(C(F)(F)F)nc(Br)c1Br. The Bertz CT molecular complexity index is 304. The zero-order valence-corrected chi connectivity index (χ0v) is 8.96. The highest BCUT2D eigenvalue weighted by molar-refractivity contribution is 9.13. The third-order valence-corrected chi connectivity index (χ3v) is 3.23. The Morgan fingerprint density at radius 1 is 1.33 bits per heavy atom. The number of hydrogen-bond donors (Lipinski definition) is 0. The van der Waals surface area contributed by atoms with Crippen LogP contribution >= 0.6 is 31.9 Å². The number of imidazole rings is 1. The van der Waals surface area contributed by atoms with Crippen LogP contribution in [0.4, 0.5) is 13.2 Å². The predicted molar refractivity (Wildman–Crippen MR) is 43.6 cm³/mol. The molecule has 1 aromatic rings. The van der Waals surface area contributed by atoms with Crippen LogP contribution in [0.3, 0.4) is 0 Å². The van der Waals surface area contributed by atoms with Crippen LogP contribution in [-0.2, 0) is 13.2 Å². The largest absolute Gasteiger partial charge is 0.449 e. The summed E-state index contributed by atoms with van der Waals surface area (Å²) in [5.41, 5.74) is 0. The Labute approximate surface area is 83.0 Å². The van der Waals surface area contributed by atoms with E-state index < -0.39 is 12.0 Å². The van der Waals surface area contributed by atoms with Crippen molar-refractivity contribution in [2.75, 3.05) is 0 Å². The summed E-state index contributed by atoms with van der Waals surface area (Å²) in [6.45, 7) is 0. The number of aromatic nitrogens is 2. The van der Waals surface area contributed by atoms with Crippen molar-refractivity contribution >= 4 is 31.9 Å². The van der Waals surface area contributed by atoms with Crippen LogP contribution in [0.2, 0.25) is 0 Å². The highest BCUT2D eigenvalue weighted by Gasteiger charge is 2.37. The molecular formula is C5H3Br2F3N2. The van der Waals surface area contributed by atoms with E-state index in [0.717, 1.165) is 4.57 Å². The lowest BCUT2D eigenvalue weighted by molar-refractivity contribution is -0.146. The van der Waals surface area contributed by atoms with E-state index in [-0.39, 0.29) is 9.21 Å². The molecule has 68 valence electrons. The molecule has 0 aliphatic carbocycles. The van der Waals surface area contributed by atoms with E-state index in [4.69, 9.17) is 0 Å². The molecule has 0 N–H and O–H groups in total. The Kier molecular flexibility index (Phi) is 2.53. The molecule has 0 atom stereocenters. The van der Waals surface area contributed by atoms with Crippen LogP contribution in [0.5, 0.6) is 0 Å². The monoisotopic (exact) mass is 306 g/mol. The quantitative estimate of drug-likeness (QED) is 0.720. The van der Waals surface area contributed by atoms with Gasteiger partial charge in [-0.15, -0.1) is 0 Å². The molecule has 0 aromatic carbocycles. The molecule has 12 heavy (non-hydrogen) atoms. The summed E-state index contributed by atoms with van der Waals surface area (Å²) in [6, 6.07) is 0. The second-order valence-electron chi connectivity index (χ2n) is 2.07. The molecule has 0 unspecified atom stereocenters. The maximum Gasteiger partial charge on any atom is 0.449 e. The molecule has 0 saturated heterocycles. The normalized spacial score (nSPS) is 12.2. The van der Waals surface area contributed by atoms with Crippen LogP contribution in [0, 0.1) is 0 Å². The lowest BCUT2D eigenvalue weighted by Crippen LogP contribution is -2.12. The van der Waals surface area contributed by atoms with Crippen molar-refractivity contribution in [3.63, 3.8) is 0 Å². The zero-order valence-electron chi connectivity index (χ0n) is 5.78. The molecule has 0 radical (unpaired) electrons. The Hall–Kier alpha value is -0.0400. The second kappa shape index (κ2) is 3.02. The summed E-state index contributed by atoms with van der Waals surface area (Å²) in [6.07, 6.45) is -4.41. The van der Waals surface area contributed by atoms with Crippen molar-refractivity contribution in [3.8, 4) is 0 Å². The first-order valence-electron chi connectivity index (χ1n) is 2.79. The summed E-state index contributed by atoms with van der Waals surface area (Å²) in [5, 5.41) is 0. The van der Waals surface area contributed by atoms with Crippen LogP contribution < -0.4 is 0 Å². The Morgan fingerprint density at radius 2 is 1.83 bits per heavy atom. The van der Waals surface area contributed by atoms with Gasteiger partial charge in [0.25, 0.3) is 0 Å². The van der Waals surface area contributed by atoms with E-state index in [0.29, 0.717) is 0 Å². The first-order chi connectivity index (χ1) is 5.34. The molecule has 0 aliphatic heterocycles. The molecule has 1 rings (SSSR count). The van der Waals surface area contributed by atoms with Gasteiger partial charge in [-0.05, 0) is 31.9 Å². The molecule has 0 fully saturated rings. The van der Waals surface area contributed by atoms with Crippen LogP contribution in [0.25, 0.3) is 0 Å². The van der Waals surface area contributed by atoms with Crippen molar-refractivity contribution in [1.82, 2.24) is 9.55 Å². The van der Waals surface area contributed by atoms with Gasteiger partial charge in [-0.2, -0.15) is 13.2 Å². The van der Waals surface area contributed by atoms with E-state index in [1.807, 2.05) is 0 Å². The standard InChI is InChI=1S/C5H3Br2F3N2/c1-12-3(7)2(6)11-4(12)5(8,9)10/h1H3. The van der Waals surface area contributed by atoms with Gasteiger partial charge in [-0.25, -0.2) is 4.98 Å². The number of alkyl halides is 3. The molecule has 1 heterocycles. The topological polar surface area (TPSA) is 17.8 Å². The van der Waals surface area contributed by atoms with E-state index in [2.05, 4.69) is 36.8 Å². The van der Waals surface area contributed by atoms with Crippen molar-refractivity contribution in [1.29, 1.82) is 0 Å². The summed E-state index contributed by atoms with van der Waals surface area (Å²) in [7, 11) is 1.28. The summed E-state index contributed by atoms with van der Waals surface area (Å²) in [5.74, 6) is -0.929. The van der Waals surface area contributed by atoms with Gasteiger partial charge in [0.1, 0.15) is 9.21 Å². The van der Waals surface area contributed by atoms with Crippen LogP contribution in [0.15, 0.2) is 9.21 Å². The predicted octanol–water partition coefficient (Wildman–Crippen LogP) is 2.96. The van der Waals surface area contributed by atoms with Gasteiger partial charge in [0.15, 0.2) is 0 Å². The van der Waals surface area contributed by atoms with Crippen molar-refractivity contribution in [2.24, 2.45) is 7.05 Å². The molecule has 0 bridgehead atoms. The van der Waals surface area contributed by atoms with Gasteiger partial charge in [-0.3, -0.25) is 0 Å². The first-order valence-corrected chi connectivity index (χ1v) is 4.37. The number of rotatable bonds is 0. The number of nitrogens with zero attached hydrogens (tertiary/aromatic N) is 2. The van der Waals surface area contributed by atoms with Gasteiger partial charge in [0.05, 0.1) is 0 Å². The van der Waals surface area contributed by atoms with E-state index in [1.165, 1.54) is 7.05 Å². The summed E-state index contributed by atoms with van der Waals surface area (Å²) >= 11 is 5.83. The molecule has 0 spiro atoms. The fourth-order valence-electron chi connectivity index (χ4n) is 0.699. The lowest BCUT2D eigenvalue weighted by Gasteiger charge is -2.04. The van der Waals surface area contributed by atoms with Crippen LogP contribution in [-0.4, -0.2) is 9.55 Å². The molecule has 0 aliphatic rings. The Morgan fingerprint density at radius 3 is 2.00 bits per heavy atom. The average Bonchev–Trinajstić information content (AvgIpc) is 2.15. The van der Waals surface area contributed by atoms with E-state index in [9.17, 15) is 13.2 Å². The zero-order chi connectivity index (χ0) is 9.52. The maximum atomic E-state index is 12.1. The first kappa shape index (κ1) is 10.0. The minimum absolute atomic E-state index is 0.150. The molecule has 0 saturated carbocycles. The van der Waals surface area contributed by atoms with Gasteiger partial charge in [-0.1, -0.05) is 0 Å². The second-order valence-corrected chi connectivity index (χ2v) is 3.58. The van der Waals surface area contributed by atoms with Crippen LogP contribution in [0.1, 0.15) is 5.82 Å². The van der Waals surface area contributed by atoms with Crippen molar-refractivity contribution in [2.45, 2.75) is 6.18 Å². The van der Waals surface area contributed by atoms with Gasteiger partial charge >= 0.3 is 6.18 Å². The fourth-order valence-corrected chi connectivity index (χ4v) is 1.39. The van der Waals surface area contributed by atoms with Gasteiger partial charge < -0.3 is 4.57 Å². The molecule has 1 aromatic heterocycles. The van der Waals surface area contributed by atoms with E-state index in [1.54, 1.807) is 0 Å². The molecule has 7 heteroatoms. The Balaban J connectivity index is 3.28. The summed E-state index contributed by atoms with van der Waals surface area (Å²) < 4.78 is 37.7. The van der Waals surface area contributed by atoms with Gasteiger partial charge in [0, 0.05) is 7.05 Å². The molecule has 2 nitrogen and oxygen atoms in total. The maximum absolute atomic E-state index is 12.1. The number of hydrogen-bond acceptors (Lipinski definition) is 1. The molecular weight excluding hydrogens is 305 g/mol. The molecule has 0 amide bonds. The lowest BCUT2D eigenvalue weighted by atomic mass is 10.6. The highest BCUT2D eigenvalue weighted by Crippen LogP contribution is 2.33. The number of halogens is 5.